The Labute approximate surface area is 177 Å². The standard InChI is InChI=1S/C23H22N4O2S/c1-3-17(15-9-5-4-6-10-15)26-23(28)20-16-11-7-8-12-18(16)25-21(22(20)30(2)29)19-13-14-24-27-19/h4-14,17H,3H2,1-2H3,(H,24,27)(H,26,28)/t17-,30?/m0/s1. The zero-order valence-electron chi connectivity index (χ0n) is 16.8. The normalized spacial score (nSPS) is 13.1. The maximum atomic E-state index is 13.5. The molecule has 0 radical (unpaired) electrons. The third kappa shape index (κ3) is 3.76. The van der Waals surface area contributed by atoms with Gasteiger partial charge in [0.1, 0.15) is 5.69 Å². The summed E-state index contributed by atoms with van der Waals surface area (Å²) in [6.07, 6.45) is 3.91. The fourth-order valence-electron chi connectivity index (χ4n) is 3.61. The van der Waals surface area contributed by atoms with Crippen LogP contribution < -0.4 is 5.32 Å². The summed E-state index contributed by atoms with van der Waals surface area (Å²) in [6.45, 7) is 2.03. The number of aromatic nitrogens is 3. The number of hydrogen-bond acceptors (Lipinski definition) is 4. The van der Waals surface area contributed by atoms with Crippen LogP contribution in [0, 0.1) is 0 Å². The molecule has 4 aromatic rings. The van der Waals surface area contributed by atoms with Gasteiger partial charge in [-0.2, -0.15) is 5.10 Å². The SMILES string of the molecule is CC[C@H](NC(=O)c1c(S(C)=O)c(-c2ccn[nH]2)nc2ccccc12)c1ccccc1. The molecule has 2 heterocycles. The number of pyridine rings is 1. The van der Waals surface area contributed by atoms with Crippen molar-refractivity contribution in [2.45, 2.75) is 24.3 Å². The highest BCUT2D eigenvalue weighted by atomic mass is 32.2. The maximum absolute atomic E-state index is 13.5. The Morgan fingerprint density at radius 2 is 1.83 bits per heavy atom. The molecule has 6 nitrogen and oxygen atoms in total. The van der Waals surface area contributed by atoms with Gasteiger partial charge in [-0.3, -0.25) is 14.1 Å². The van der Waals surface area contributed by atoms with Crippen molar-refractivity contribution in [3.05, 3.63) is 78.0 Å². The number of amides is 1. The molecular formula is C23H22N4O2S. The third-order valence-corrected chi connectivity index (χ3v) is 6.01. The van der Waals surface area contributed by atoms with Crippen molar-refractivity contribution in [1.29, 1.82) is 0 Å². The largest absolute Gasteiger partial charge is 0.345 e. The minimum atomic E-state index is -1.45. The molecule has 2 aromatic carbocycles. The molecule has 0 aliphatic heterocycles. The molecule has 4 rings (SSSR count). The molecular weight excluding hydrogens is 396 g/mol. The van der Waals surface area contributed by atoms with E-state index in [4.69, 9.17) is 4.98 Å². The lowest BCUT2D eigenvalue weighted by molar-refractivity contribution is 0.0934. The van der Waals surface area contributed by atoms with Gasteiger partial charge in [0, 0.05) is 17.8 Å². The number of hydrogen-bond donors (Lipinski definition) is 2. The summed E-state index contributed by atoms with van der Waals surface area (Å²) >= 11 is 0. The van der Waals surface area contributed by atoms with Gasteiger partial charge < -0.3 is 5.32 Å². The zero-order valence-corrected chi connectivity index (χ0v) is 17.6. The molecule has 0 saturated carbocycles. The monoisotopic (exact) mass is 418 g/mol. The average molecular weight is 419 g/mol. The molecule has 0 aliphatic rings. The van der Waals surface area contributed by atoms with E-state index in [-0.39, 0.29) is 11.9 Å². The van der Waals surface area contributed by atoms with E-state index in [0.717, 1.165) is 12.0 Å². The van der Waals surface area contributed by atoms with Crippen LogP contribution in [0.5, 0.6) is 0 Å². The van der Waals surface area contributed by atoms with Gasteiger partial charge in [-0.25, -0.2) is 4.98 Å². The number of carbonyl (C=O) groups excluding carboxylic acids is 1. The predicted octanol–water partition coefficient (Wildman–Crippen LogP) is 4.24. The topological polar surface area (TPSA) is 87.7 Å². The van der Waals surface area contributed by atoms with Crippen LogP contribution in [-0.2, 0) is 10.8 Å². The second-order valence-corrected chi connectivity index (χ2v) is 8.27. The van der Waals surface area contributed by atoms with Crippen LogP contribution in [0.4, 0.5) is 0 Å². The summed E-state index contributed by atoms with van der Waals surface area (Å²) in [4.78, 5) is 18.6. The molecule has 7 heteroatoms. The number of aromatic amines is 1. The van der Waals surface area contributed by atoms with Crippen LogP contribution >= 0.6 is 0 Å². The Bertz CT molecular complexity index is 1210. The van der Waals surface area contributed by atoms with Crippen molar-refractivity contribution in [3.8, 4) is 11.4 Å². The first-order chi connectivity index (χ1) is 14.6. The third-order valence-electron chi connectivity index (χ3n) is 5.03. The second kappa shape index (κ2) is 8.59. The second-order valence-electron chi connectivity index (χ2n) is 6.95. The summed E-state index contributed by atoms with van der Waals surface area (Å²) in [5, 5.41) is 10.7. The Hall–Kier alpha value is -3.32. The average Bonchev–Trinajstić information content (AvgIpc) is 3.31. The fourth-order valence-corrected chi connectivity index (χ4v) is 4.52. The molecule has 0 spiro atoms. The van der Waals surface area contributed by atoms with Gasteiger partial charge >= 0.3 is 0 Å². The Morgan fingerprint density at radius 1 is 1.10 bits per heavy atom. The van der Waals surface area contributed by atoms with Crippen molar-refractivity contribution in [1.82, 2.24) is 20.5 Å². The molecule has 30 heavy (non-hydrogen) atoms. The molecule has 0 aliphatic carbocycles. The van der Waals surface area contributed by atoms with E-state index >= 15 is 0 Å². The highest BCUT2D eigenvalue weighted by Gasteiger charge is 2.26. The molecule has 2 aromatic heterocycles. The molecule has 0 saturated heterocycles. The number of fused-ring (bicyclic) bond motifs is 1. The number of rotatable bonds is 6. The van der Waals surface area contributed by atoms with Crippen molar-refractivity contribution in [2.75, 3.05) is 6.26 Å². The van der Waals surface area contributed by atoms with E-state index in [1.807, 2.05) is 61.5 Å². The smallest absolute Gasteiger partial charge is 0.253 e. The number of para-hydroxylation sites is 1. The summed E-state index contributed by atoms with van der Waals surface area (Å²) in [7, 11) is -1.45. The zero-order chi connectivity index (χ0) is 21.1. The van der Waals surface area contributed by atoms with Gasteiger partial charge in [-0.1, -0.05) is 55.5 Å². The first kappa shape index (κ1) is 20.0. The van der Waals surface area contributed by atoms with E-state index in [1.165, 1.54) is 0 Å². The molecule has 152 valence electrons. The minimum absolute atomic E-state index is 0.153. The van der Waals surface area contributed by atoms with Crippen LogP contribution in [0.25, 0.3) is 22.3 Å². The fraction of sp³-hybridized carbons (Fsp3) is 0.174. The van der Waals surface area contributed by atoms with Gasteiger partial charge in [0.15, 0.2) is 0 Å². The molecule has 2 N–H and O–H groups in total. The molecule has 1 amide bonds. The van der Waals surface area contributed by atoms with Gasteiger partial charge in [0.25, 0.3) is 5.91 Å². The summed E-state index contributed by atoms with van der Waals surface area (Å²) in [5.41, 5.74) is 3.18. The van der Waals surface area contributed by atoms with Gasteiger partial charge in [-0.15, -0.1) is 0 Å². The number of nitrogens with zero attached hydrogens (tertiary/aromatic N) is 2. The predicted molar refractivity (Wildman–Crippen MR) is 119 cm³/mol. The number of benzene rings is 2. The van der Waals surface area contributed by atoms with Crippen LogP contribution in [0.3, 0.4) is 0 Å². The summed E-state index contributed by atoms with van der Waals surface area (Å²) in [5.74, 6) is -0.268. The first-order valence-corrected chi connectivity index (χ1v) is 11.3. The summed E-state index contributed by atoms with van der Waals surface area (Å²) in [6, 6.07) is 18.9. The van der Waals surface area contributed by atoms with Crippen molar-refractivity contribution in [3.63, 3.8) is 0 Å². The first-order valence-electron chi connectivity index (χ1n) is 9.71. The van der Waals surface area contributed by atoms with Crippen molar-refractivity contribution in [2.24, 2.45) is 0 Å². The highest BCUT2D eigenvalue weighted by molar-refractivity contribution is 7.84. The lowest BCUT2D eigenvalue weighted by Crippen LogP contribution is -2.29. The lowest BCUT2D eigenvalue weighted by Gasteiger charge is -2.20. The number of H-pyrrole nitrogens is 1. The van der Waals surface area contributed by atoms with Gasteiger partial charge in [-0.05, 0) is 24.1 Å². The molecule has 1 unspecified atom stereocenters. The molecule has 0 bridgehead atoms. The number of carbonyl (C=O) groups is 1. The molecule has 0 fully saturated rings. The summed E-state index contributed by atoms with van der Waals surface area (Å²) < 4.78 is 12.8. The van der Waals surface area contributed by atoms with Crippen molar-refractivity contribution < 1.29 is 9.00 Å². The van der Waals surface area contributed by atoms with E-state index in [9.17, 15) is 9.00 Å². The van der Waals surface area contributed by atoms with E-state index in [2.05, 4.69) is 15.5 Å². The number of nitrogens with one attached hydrogen (secondary N) is 2. The van der Waals surface area contributed by atoms with E-state index in [1.54, 1.807) is 18.5 Å². The minimum Gasteiger partial charge on any atom is -0.345 e. The Kier molecular flexibility index (Phi) is 5.72. The van der Waals surface area contributed by atoms with Gasteiger partial charge in [0.05, 0.1) is 38.5 Å². The van der Waals surface area contributed by atoms with Gasteiger partial charge in [0.2, 0.25) is 0 Å². The Morgan fingerprint density at radius 3 is 2.50 bits per heavy atom. The van der Waals surface area contributed by atoms with E-state index < -0.39 is 10.8 Å². The molecule has 2 atom stereocenters. The quantitative estimate of drug-likeness (QED) is 0.490. The Balaban J connectivity index is 1.89. The highest BCUT2D eigenvalue weighted by Crippen LogP contribution is 2.32. The van der Waals surface area contributed by atoms with Crippen molar-refractivity contribution >= 4 is 27.6 Å². The van der Waals surface area contributed by atoms with Crippen LogP contribution in [0.2, 0.25) is 0 Å². The maximum Gasteiger partial charge on any atom is 0.253 e. The van der Waals surface area contributed by atoms with Crippen LogP contribution in [0.15, 0.2) is 71.8 Å². The lowest BCUT2D eigenvalue weighted by atomic mass is 10.0. The van der Waals surface area contributed by atoms with E-state index in [0.29, 0.717) is 32.7 Å². The van der Waals surface area contributed by atoms with Crippen LogP contribution in [0.1, 0.15) is 35.3 Å². The van der Waals surface area contributed by atoms with Crippen LogP contribution in [-0.4, -0.2) is 31.6 Å².